The van der Waals surface area contributed by atoms with E-state index in [1.165, 1.54) is 0 Å². The molecule has 0 bridgehead atoms. The molecule has 3 nitrogen and oxygen atoms in total. The lowest BCUT2D eigenvalue weighted by molar-refractivity contribution is 0.183. The minimum absolute atomic E-state index is 0.0427. The molecular formula is C9H12F2N2O. The highest BCUT2D eigenvalue weighted by atomic mass is 19.1. The molecule has 1 unspecified atom stereocenters. The minimum Gasteiger partial charge on any atom is -0.391 e. The zero-order chi connectivity index (χ0) is 10.6. The molecule has 0 aliphatic heterocycles. The van der Waals surface area contributed by atoms with Crippen LogP contribution in [0.3, 0.4) is 0 Å². The average molecular weight is 202 g/mol. The van der Waals surface area contributed by atoms with Crippen LogP contribution in [-0.4, -0.2) is 22.7 Å². The summed E-state index contributed by atoms with van der Waals surface area (Å²) in [7, 11) is 0. The Morgan fingerprint density at radius 1 is 1.57 bits per heavy atom. The average Bonchev–Trinajstić information content (AvgIpc) is 2.16. The number of hydrogen-bond acceptors (Lipinski definition) is 3. The lowest BCUT2D eigenvalue weighted by Crippen LogP contribution is -2.19. The van der Waals surface area contributed by atoms with Crippen LogP contribution in [0.2, 0.25) is 0 Å². The van der Waals surface area contributed by atoms with Gasteiger partial charge in [0.15, 0.2) is 11.6 Å². The van der Waals surface area contributed by atoms with Crippen LogP contribution >= 0.6 is 0 Å². The van der Waals surface area contributed by atoms with Crippen molar-refractivity contribution in [3.8, 4) is 0 Å². The molecular weight excluding hydrogens is 190 g/mol. The molecule has 0 spiro atoms. The fourth-order valence-electron chi connectivity index (χ4n) is 0.903. The van der Waals surface area contributed by atoms with Gasteiger partial charge < -0.3 is 10.4 Å². The van der Waals surface area contributed by atoms with Gasteiger partial charge in [0.2, 0.25) is 0 Å². The summed E-state index contributed by atoms with van der Waals surface area (Å²) >= 11 is 0. The molecule has 1 rings (SSSR count). The summed E-state index contributed by atoms with van der Waals surface area (Å²) in [4.78, 5) is 3.51. The molecule has 0 amide bonds. The maximum atomic E-state index is 13.0. The first kappa shape index (κ1) is 10.8. The Labute approximate surface area is 80.8 Å². The number of aromatic nitrogens is 1. The number of halogens is 2. The van der Waals surface area contributed by atoms with Crippen LogP contribution in [0.5, 0.6) is 0 Å². The highest BCUT2D eigenvalue weighted by Crippen LogP contribution is 2.10. The number of hydrogen-bond donors (Lipinski definition) is 2. The zero-order valence-electron chi connectivity index (χ0n) is 7.80. The van der Waals surface area contributed by atoms with E-state index >= 15 is 0 Å². The van der Waals surface area contributed by atoms with Crippen molar-refractivity contribution in [3.63, 3.8) is 0 Å². The van der Waals surface area contributed by atoms with Crippen molar-refractivity contribution < 1.29 is 13.9 Å². The van der Waals surface area contributed by atoms with Gasteiger partial charge in [-0.1, -0.05) is 6.92 Å². The second kappa shape index (κ2) is 4.85. The fourth-order valence-corrected chi connectivity index (χ4v) is 0.903. The van der Waals surface area contributed by atoms with E-state index in [0.29, 0.717) is 6.42 Å². The number of pyridine rings is 1. The molecule has 0 radical (unpaired) electrons. The topological polar surface area (TPSA) is 45.1 Å². The quantitative estimate of drug-likeness (QED) is 0.778. The molecule has 1 aromatic rings. The Hall–Kier alpha value is -1.23. The molecule has 1 aromatic heterocycles. The third kappa shape index (κ3) is 2.92. The first-order chi connectivity index (χ1) is 6.63. The van der Waals surface area contributed by atoms with Crippen LogP contribution in [0.4, 0.5) is 14.6 Å². The third-order valence-electron chi connectivity index (χ3n) is 1.78. The van der Waals surface area contributed by atoms with Crippen molar-refractivity contribution in [2.24, 2.45) is 0 Å². The van der Waals surface area contributed by atoms with Gasteiger partial charge in [0.05, 0.1) is 12.3 Å². The molecule has 5 heteroatoms. The van der Waals surface area contributed by atoms with Crippen LogP contribution in [0.15, 0.2) is 12.3 Å². The van der Waals surface area contributed by atoms with E-state index in [2.05, 4.69) is 10.3 Å². The maximum Gasteiger partial charge on any atom is 0.168 e. The van der Waals surface area contributed by atoms with Crippen molar-refractivity contribution in [2.75, 3.05) is 11.9 Å². The first-order valence-corrected chi connectivity index (χ1v) is 4.36. The Bertz CT molecular complexity index is 307. The Balaban J connectivity index is 2.59. The monoisotopic (exact) mass is 202 g/mol. The number of nitrogens with one attached hydrogen (secondary N) is 1. The van der Waals surface area contributed by atoms with E-state index < -0.39 is 17.7 Å². The molecule has 78 valence electrons. The predicted molar refractivity (Wildman–Crippen MR) is 48.9 cm³/mol. The van der Waals surface area contributed by atoms with Gasteiger partial charge >= 0.3 is 0 Å². The van der Waals surface area contributed by atoms with Crippen LogP contribution in [0.1, 0.15) is 13.3 Å². The zero-order valence-corrected chi connectivity index (χ0v) is 7.80. The van der Waals surface area contributed by atoms with Gasteiger partial charge in [0, 0.05) is 12.6 Å². The van der Waals surface area contributed by atoms with Crippen LogP contribution < -0.4 is 5.32 Å². The lowest BCUT2D eigenvalue weighted by Gasteiger charge is -2.10. The summed E-state index contributed by atoms with van der Waals surface area (Å²) in [5, 5.41) is 11.8. The molecule has 0 fully saturated rings. The highest BCUT2D eigenvalue weighted by molar-refractivity contribution is 5.35. The van der Waals surface area contributed by atoms with Gasteiger partial charge in [0.25, 0.3) is 0 Å². The molecule has 0 aliphatic carbocycles. The SMILES string of the molecule is CCC(O)CNc1ncc(F)cc1F. The normalized spacial score (nSPS) is 12.6. The first-order valence-electron chi connectivity index (χ1n) is 4.36. The van der Waals surface area contributed by atoms with Crippen LogP contribution in [0, 0.1) is 11.6 Å². The largest absolute Gasteiger partial charge is 0.391 e. The van der Waals surface area contributed by atoms with Crippen LogP contribution in [0.25, 0.3) is 0 Å². The fraction of sp³-hybridized carbons (Fsp3) is 0.444. The summed E-state index contributed by atoms with van der Waals surface area (Å²) in [6, 6.07) is 0.744. The van der Waals surface area contributed by atoms with E-state index in [1.807, 2.05) is 0 Å². The summed E-state index contributed by atoms with van der Waals surface area (Å²) in [5.41, 5.74) is 0. The van der Waals surface area contributed by atoms with E-state index in [4.69, 9.17) is 0 Å². The molecule has 1 heterocycles. The molecule has 1 atom stereocenters. The number of rotatable bonds is 4. The summed E-state index contributed by atoms with van der Waals surface area (Å²) < 4.78 is 25.4. The summed E-state index contributed by atoms with van der Waals surface area (Å²) in [6.45, 7) is 2.01. The van der Waals surface area contributed by atoms with Gasteiger partial charge in [-0.3, -0.25) is 0 Å². The molecule has 0 saturated carbocycles. The van der Waals surface area contributed by atoms with Crippen molar-refractivity contribution in [2.45, 2.75) is 19.4 Å². The van der Waals surface area contributed by atoms with Gasteiger partial charge in [-0.05, 0) is 6.42 Å². The van der Waals surface area contributed by atoms with Crippen molar-refractivity contribution in [1.29, 1.82) is 0 Å². The molecule has 0 saturated heterocycles. The van der Waals surface area contributed by atoms with Gasteiger partial charge in [-0.2, -0.15) is 0 Å². The van der Waals surface area contributed by atoms with Gasteiger partial charge in [-0.25, -0.2) is 13.8 Å². The Morgan fingerprint density at radius 3 is 2.86 bits per heavy atom. The number of nitrogens with zero attached hydrogens (tertiary/aromatic N) is 1. The molecule has 2 N–H and O–H groups in total. The van der Waals surface area contributed by atoms with Gasteiger partial charge in [0.1, 0.15) is 5.82 Å². The number of anilines is 1. The second-order valence-corrected chi connectivity index (χ2v) is 2.93. The summed E-state index contributed by atoms with van der Waals surface area (Å²) in [6.07, 6.45) is 0.931. The number of aliphatic hydroxyl groups is 1. The maximum absolute atomic E-state index is 13.0. The van der Waals surface area contributed by atoms with E-state index in [0.717, 1.165) is 12.3 Å². The Kier molecular flexibility index (Phi) is 3.76. The Morgan fingerprint density at radius 2 is 2.29 bits per heavy atom. The lowest BCUT2D eigenvalue weighted by atomic mass is 10.3. The smallest absolute Gasteiger partial charge is 0.168 e. The number of aliphatic hydroxyl groups excluding tert-OH is 1. The highest BCUT2D eigenvalue weighted by Gasteiger charge is 2.06. The molecule has 0 aliphatic rings. The van der Waals surface area contributed by atoms with Crippen molar-refractivity contribution in [1.82, 2.24) is 4.98 Å². The minimum atomic E-state index is -0.756. The van der Waals surface area contributed by atoms with E-state index in [9.17, 15) is 13.9 Å². The molecule has 14 heavy (non-hydrogen) atoms. The van der Waals surface area contributed by atoms with Crippen LogP contribution in [-0.2, 0) is 0 Å². The van der Waals surface area contributed by atoms with Crippen molar-refractivity contribution >= 4 is 5.82 Å². The van der Waals surface area contributed by atoms with E-state index in [-0.39, 0.29) is 12.4 Å². The second-order valence-electron chi connectivity index (χ2n) is 2.93. The predicted octanol–water partition coefficient (Wildman–Crippen LogP) is 1.54. The standard InChI is InChI=1S/C9H12F2N2O/c1-2-7(14)5-13-9-8(11)3-6(10)4-12-9/h3-4,7,14H,2,5H2,1H3,(H,12,13). The van der Waals surface area contributed by atoms with E-state index in [1.54, 1.807) is 6.92 Å². The van der Waals surface area contributed by atoms with Crippen molar-refractivity contribution in [3.05, 3.63) is 23.9 Å². The summed E-state index contributed by atoms with van der Waals surface area (Å²) in [5.74, 6) is -1.52. The third-order valence-corrected chi connectivity index (χ3v) is 1.78. The van der Waals surface area contributed by atoms with Gasteiger partial charge in [-0.15, -0.1) is 0 Å². The molecule has 0 aromatic carbocycles.